The van der Waals surface area contributed by atoms with Gasteiger partial charge in [0.2, 0.25) is 5.76 Å². The van der Waals surface area contributed by atoms with Crippen molar-refractivity contribution in [1.29, 1.82) is 0 Å². The minimum absolute atomic E-state index is 0.183. The second-order valence-corrected chi connectivity index (χ2v) is 6.26. The van der Waals surface area contributed by atoms with Gasteiger partial charge in [0.1, 0.15) is 11.5 Å². The third kappa shape index (κ3) is 3.53. The highest BCUT2D eigenvalue weighted by atomic mass is 16.5. The summed E-state index contributed by atoms with van der Waals surface area (Å²) >= 11 is 0. The summed E-state index contributed by atoms with van der Waals surface area (Å²) in [5.74, 6) is 0.553. The lowest BCUT2D eigenvalue weighted by Crippen LogP contribution is -1.99. The van der Waals surface area contributed by atoms with Gasteiger partial charge in [-0.05, 0) is 42.5 Å². The van der Waals surface area contributed by atoms with Gasteiger partial charge in [0, 0.05) is 28.9 Å². The third-order valence-corrected chi connectivity index (χ3v) is 4.40. The van der Waals surface area contributed by atoms with Crippen LogP contribution in [0.4, 0.5) is 5.69 Å². The Hall–Kier alpha value is -3.80. The van der Waals surface area contributed by atoms with E-state index >= 15 is 0 Å². The number of hydrogen-bond acceptors (Lipinski definition) is 5. The number of methoxy groups -OCH3 is 1. The normalized spacial score (nSPS) is 11.3. The number of benzene rings is 2. The molecule has 140 valence electrons. The summed E-state index contributed by atoms with van der Waals surface area (Å²) in [6.07, 6.45) is 3.79. The van der Waals surface area contributed by atoms with Crippen molar-refractivity contribution < 1.29 is 19.1 Å². The fourth-order valence-corrected chi connectivity index (χ4v) is 3.03. The van der Waals surface area contributed by atoms with Crippen LogP contribution in [0.5, 0.6) is 5.75 Å². The molecular formula is C22H18N2O4. The average molecular weight is 374 g/mol. The second kappa shape index (κ2) is 7.44. The molecule has 0 aliphatic carbocycles. The van der Waals surface area contributed by atoms with Crippen molar-refractivity contribution in [2.75, 3.05) is 7.11 Å². The largest absolute Gasteiger partial charge is 0.508 e. The molecule has 0 unspecified atom stereocenters. The number of hydrogen-bond donors (Lipinski definition) is 1. The fraction of sp³-hybridized carbons (Fsp3) is 0.0909. The van der Waals surface area contributed by atoms with Crippen molar-refractivity contribution in [3.05, 3.63) is 83.9 Å². The molecule has 0 saturated heterocycles. The number of furan rings is 1. The third-order valence-electron chi connectivity index (χ3n) is 4.40. The Morgan fingerprint density at radius 3 is 2.71 bits per heavy atom. The number of aromatic hydroxyl groups is 1. The fourth-order valence-electron chi connectivity index (χ4n) is 3.03. The molecule has 2 aromatic heterocycles. The Balaban J connectivity index is 1.65. The van der Waals surface area contributed by atoms with E-state index < -0.39 is 5.97 Å². The van der Waals surface area contributed by atoms with E-state index in [1.165, 1.54) is 7.11 Å². The molecule has 0 saturated carbocycles. The molecule has 2 aromatic carbocycles. The number of phenols is 1. The zero-order chi connectivity index (χ0) is 19.5. The molecule has 2 heterocycles. The quantitative estimate of drug-likeness (QED) is 0.411. The number of aliphatic imine (C=N–C) groups is 1. The summed E-state index contributed by atoms with van der Waals surface area (Å²) in [6, 6.07) is 18.1. The number of esters is 1. The number of ether oxygens (including phenoxy) is 1. The minimum atomic E-state index is -0.495. The van der Waals surface area contributed by atoms with Gasteiger partial charge in [-0.3, -0.25) is 4.99 Å². The molecule has 0 fully saturated rings. The Bertz CT molecular complexity index is 1150. The molecule has 6 nitrogen and oxygen atoms in total. The predicted molar refractivity (Wildman–Crippen MR) is 106 cm³/mol. The summed E-state index contributed by atoms with van der Waals surface area (Å²) in [4.78, 5) is 16.1. The van der Waals surface area contributed by atoms with Gasteiger partial charge in [-0.25, -0.2) is 4.79 Å². The molecule has 28 heavy (non-hydrogen) atoms. The van der Waals surface area contributed by atoms with Crippen LogP contribution in [-0.4, -0.2) is 29.0 Å². The molecule has 4 rings (SSSR count). The second-order valence-electron chi connectivity index (χ2n) is 6.26. The molecular weight excluding hydrogens is 356 g/mol. The van der Waals surface area contributed by atoms with E-state index in [0.717, 1.165) is 22.2 Å². The van der Waals surface area contributed by atoms with Crippen molar-refractivity contribution in [2.24, 2.45) is 4.99 Å². The first-order valence-electron chi connectivity index (χ1n) is 8.72. The van der Waals surface area contributed by atoms with Crippen LogP contribution in [0.25, 0.3) is 10.9 Å². The number of phenolic OH excluding ortho intramolecular Hbond substituents is 1. The Kier molecular flexibility index (Phi) is 4.68. The van der Waals surface area contributed by atoms with Crippen LogP contribution in [0.3, 0.4) is 0 Å². The molecule has 0 aliphatic rings. The van der Waals surface area contributed by atoms with Crippen molar-refractivity contribution in [3.63, 3.8) is 0 Å². The number of carbonyl (C=O) groups excluding carboxylic acids is 1. The van der Waals surface area contributed by atoms with Crippen molar-refractivity contribution in [3.8, 4) is 5.75 Å². The van der Waals surface area contributed by atoms with E-state index in [9.17, 15) is 9.90 Å². The van der Waals surface area contributed by atoms with Crippen LogP contribution < -0.4 is 0 Å². The van der Waals surface area contributed by atoms with Crippen LogP contribution >= 0.6 is 0 Å². The summed E-state index contributed by atoms with van der Waals surface area (Å²) in [6.45, 7) is 0.477. The van der Waals surface area contributed by atoms with E-state index in [0.29, 0.717) is 12.3 Å². The lowest BCUT2D eigenvalue weighted by Gasteiger charge is -2.02. The topological polar surface area (TPSA) is 77.0 Å². The van der Waals surface area contributed by atoms with Crippen LogP contribution in [0.1, 0.15) is 21.9 Å². The molecule has 0 aliphatic heterocycles. The summed E-state index contributed by atoms with van der Waals surface area (Å²) in [5, 5.41) is 10.4. The van der Waals surface area contributed by atoms with Gasteiger partial charge in [-0.15, -0.1) is 0 Å². The molecule has 0 atom stereocenters. The molecule has 1 N–H and O–H groups in total. The highest BCUT2D eigenvalue weighted by Crippen LogP contribution is 2.23. The zero-order valence-corrected chi connectivity index (χ0v) is 15.2. The summed E-state index contributed by atoms with van der Waals surface area (Å²) < 4.78 is 12.3. The van der Waals surface area contributed by atoms with Gasteiger partial charge in [0.25, 0.3) is 0 Å². The van der Waals surface area contributed by atoms with Gasteiger partial charge < -0.3 is 18.8 Å². The first kappa shape index (κ1) is 17.6. The van der Waals surface area contributed by atoms with Crippen molar-refractivity contribution in [2.45, 2.75) is 6.54 Å². The van der Waals surface area contributed by atoms with Gasteiger partial charge in [-0.2, -0.15) is 0 Å². The Morgan fingerprint density at radius 1 is 1.14 bits per heavy atom. The standard InChI is InChI=1S/C22H18N2O4/c1-27-22(26)21-11-10-18(28-21)14-24-13-15(19-4-2-3-5-20(19)24)12-23-16-6-8-17(25)9-7-16/h2-13,25H,14H2,1H3. The van der Waals surface area contributed by atoms with Gasteiger partial charge in [-0.1, -0.05) is 18.2 Å². The van der Waals surface area contributed by atoms with Crippen LogP contribution in [0.2, 0.25) is 0 Å². The molecule has 0 radical (unpaired) electrons. The summed E-state index contributed by atoms with van der Waals surface area (Å²) in [5.41, 5.74) is 2.75. The first-order valence-corrected chi connectivity index (χ1v) is 8.72. The molecule has 0 spiro atoms. The van der Waals surface area contributed by atoms with Crippen LogP contribution in [-0.2, 0) is 11.3 Å². The van der Waals surface area contributed by atoms with E-state index in [2.05, 4.69) is 9.73 Å². The maximum atomic E-state index is 11.6. The highest BCUT2D eigenvalue weighted by Gasteiger charge is 2.13. The van der Waals surface area contributed by atoms with E-state index in [-0.39, 0.29) is 11.5 Å². The smallest absolute Gasteiger partial charge is 0.373 e. The molecule has 6 heteroatoms. The lowest BCUT2D eigenvalue weighted by molar-refractivity contribution is 0.0563. The zero-order valence-electron chi connectivity index (χ0n) is 15.2. The minimum Gasteiger partial charge on any atom is -0.508 e. The van der Waals surface area contributed by atoms with E-state index in [1.54, 1.807) is 42.6 Å². The van der Waals surface area contributed by atoms with Gasteiger partial charge >= 0.3 is 5.97 Å². The monoisotopic (exact) mass is 374 g/mol. The van der Waals surface area contributed by atoms with Crippen LogP contribution in [0, 0.1) is 0 Å². The number of rotatable bonds is 5. The summed E-state index contributed by atoms with van der Waals surface area (Å²) in [7, 11) is 1.32. The molecule has 0 amide bonds. The number of carbonyl (C=O) groups is 1. The SMILES string of the molecule is COC(=O)c1ccc(Cn2cc(C=Nc3ccc(O)cc3)c3ccccc32)o1. The van der Waals surface area contributed by atoms with E-state index in [4.69, 9.17) is 4.42 Å². The highest BCUT2D eigenvalue weighted by molar-refractivity contribution is 6.00. The van der Waals surface area contributed by atoms with Gasteiger partial charge in [0.15, 0.2) is 0 Å². The number of para-hydroxylation sites is 1. The van der Waals surface area contributed by atoms with Crippen molar-refractivity contribution >= 4 is 28.8 Å². The van der Waals surface area contributed by atoms with Gasteiger partial charge in [0.05, 0.1) is 19.3 Å². The predicted octanol–water partition coefficient (Wildman–Crippen LogP) is 4.53. The molecule has 0 bridgehead atoms. The number of nitrogens with zero attached hydrogens (tertiary/aromatic N) is 2. The maximum absolute atomic E-state index is 11.6. The van der Waals surface area contributed by atoms with Crippen LogP contribution in [0.15, 0.2) is 76.3 Å². The Labute approximate surface area is 161 Å². The van der Waals surface area contributed by atoms with Crippen molar-refractivity contribution in [1.82, 2.24) is 4.57 Å². The average Bonchev–Trinajstić information content (AvgIpc) is 3.33. The lowest BCUT2D eigenvalue weighted by atomic mass is 10.2. The maximum Gasteiger partial charge on any atom is 0.373 e. The first-order chi connectivity index (χ1) is 13.6. The number of fused-ring (bicyclic) bond motifs is 1. The Morgan fingerprint density at radius 2 is 1.93 bits per heavy atom. The number of aromatic nitrogens is 1. The van der Waals surface area contributed by atoms with E-state index in [1.807, 2.05) is 35.0 Å². The molecule has 4 aromatic rings.